The molecular weight excluding hydrogens is 200 g/mol. The van der Waals surface area contributed by atoms with Crippen LogP contribution in [0.2, 0.25) is 0 Å². The average Bonchev–Trinajstić information content (AvgIpc) is 2.30. The number of benzene rings is 1. The van der Waals surface area contributed by atoms with Gasteiger partial charge in [0.15, 0.2) is 6.29 Å². The third-order valence-electron chi connectivity index (χ3n) is 3.65. The molecule has 0 saturated carbocycles. The van der Waals surface area contributed by atoms with Crippen molar-refractivity contribution in [2.45, 2.75) is 44.8 Å². The molecule has 0 amide bonds. The smallest absolute Gasteiger partial charge is 0.200 e. The van der Waals surface area contributed by atoms with Crippen LogP contribution in [0.15, 0.2) is 18.2 Å². The van der Waals surface area contributed by atoms with E-state index in [1.165, 1.54) is 30.4 Å². The normalized spacial score (nSPS) is 27.1. The van der Waals surface area contributed by atoms with Crippen LogP contribution in [0.4, 0.5) is 0 Å². The van der Waals surface area contributed by atoms with E-state index in [0.717, 1.165) is 18.8 Å². The third-order valence-corrected chi connectivity index (χ3v) is 3.65. The second-order valence-electron chi connectivity index (χ2n) is 4.66. The molecular formula is C14H18O2. The first-order chi connectivity index (χ1) is 7.88. The summed E-state index contributed by atoms with van der Waals surface area (Å²) in [5.74, 6) is 1.72. The number of rotatable bonds is 2. The highest BCUT2D eigenvalue weighted by molar-refractivity contribution is 5.45. The molecule has 0 bridgehead atoms. The molecule has 0 aromatic heterocycles. The van der Waals surface area contributed by atoms with Gasteiger partial charge in [-0.25, -0.2) is 0 Å². The minimum Gasteiger partial charge on any atom is -0.465 e. The van der Waals surface area contributed by atoms with E-state index < -0.39 is 0 Å². The van der Waals surface area contributed by atoms with Crippen LogP contribution < -0.4 is 4.74 Å². The molecule has 86 valence electrons. The highest BCUT2D eigenvalue weighted by Crippen LogP contribution is 2.44. The Morgan fingerprint density at radius 2 is 2.38 bits per heavy atom. The zero-order valence-electron chi connectivity index (χ0n) is 9.74. The standard InChI is InChI=1S/C14H18O2/c1-2-15-13-9-11-7-3-5-10-6-4-8-12(16-13)14(10)11/h4,6,8,11,13H,2-3,5,7,9H2,1H3/t11-,13+/m0/s1. The van der Waals surface area contributed by atoms with Crippen LogP contribution in [0.3, 0.4) is 0 Å². The Morgan fingerprint density at radius 1 is 1.44 bits per heavy atom. The summed E-state index contributed by atoms with van der Waals surface area (Å²) in [6, 6.07) is 6.43. The molecule has 3 rings (SSSR count). The van der Waals surface area contributed by atoms with Crippen molar-refractivity contribution in [3.63, 3.8) is 0 Å². The molecule has 1 heterocycles. The van der Waals surface area contributed by atoms with Crippen molar-refractivity contribution in [1.82, 2.24) is 0 Å². The van der Waals surface area contributed by atoms with Crippen molar-refractivity contribution in [3.05, 3.63) is 29.3 Å². The van der Waals surface area contributed by atoms with Gasteiger partial charge in [-0.2, -0.15) is 0 Å². The topological polar surface area (TPSA) is 18.5 Å². The maximum absolute atomic E-state index is 5.90. The van der Waals surface area contributed by atoms with Crippen LogP contribution in [0.1, 0.15) is 43.2 Å². The lowest BCUT2D eigenvalue weighted by atomic mass is 9.79. The van der Waals surface area contributed by atoms with E-state index in [9.17, 15) is 0 Å². The van der Waals surface area contributed by atoms with Gasteiger partial charge >= 0.3 is 0 Å². The van der Waals surface area contributed by atoms with E-state index >= 15 is 0 Å². The predicted octanol–water partition coefficient (Wildman–Crippen LogP) is 3.25. The van der Waals surface area contributed by atoms with Gasteiger partial charge in [-0.1, -0.05) is 12.1 Å². The summed E-state index contributed by atoms with van der Waals surface area (Å²) in [5.41, 5.74) is 2.95. The maximum atomic E-state index is 5.90. The number of aryl methyl sites for hydroxylation is 1. The molecule has 2 atom stereocenters. The summed E-state index contributed by atoms with van der Waals surface area (Å²) in [6.07, 6.45) is 4.80. The molecule has 0 spiro atoms. The fourth-order valence-electron chi connectivity index (χ4n) is 3.00. The molecule has 2 nitrogen and oxygen atoms in total. The van der Waals surface area contributed by atoms with E-state index in [-0.39, 0.29) is 6.29 Å². The minimum atomic E-state index is -0.0316. The first kappa shape index (κ1) is 10.2. The van der Waals surface area contributed by atoms with E-state index in [0.29, 0.717) is 5.92 Å². The molecule has 1 aromatic rings. The summed E-state index contributed by atoms with van der Waals surface area (Å²) in [7, 11) is 0. The molecule has 1 aliphatic carbocycles. The average molecular weight is 218 g/mol. The molecule has 0 fully saturated rings. The first-order valence-corrected chi connectivity index (χ1v) is 6.28. The predicted molar refractivity (Wildman–Crippen MR) is 62.8 cm³/mol. The summed E-state index contributed by atoms with van der Waals surface area (Å²) < 4.78 is 11.5. The summed E-state index contributed by atoms with van der Waals surface area (Å²) in [5, 5.41) is 0. The fourth-order valence-corrected chi connectivity index (χ4v) is 3.00. The molecule has 2 heteroatoms. The number of hydrogen-bond donors (Lipinski definition) is 0. The molecule has 2 aliphatic rings. The van der Waals surface area contributed by atoms with Gasteiger partial charge in [-0.15, -0.1) is 0 Å². The number of ether oxygens (including phenoxy) is 2. The molecule has 16 heavy (non-hydrogen) atoms. The highest BCUT2D eigenvalue weighted by Gasteiger charge is 2.32. The van der Waals surface area contributed by atoms with Gasteiger partial charge in [0.25, 0.3) is 0 Å². The first-order valence-electron chi connectivity index (χ1n) is 6.28. The Bertz CT molecular complexity index is 386. The Morgan fingerprint density at radius 3 is 3.25 bits per heavy atom. The van der Waals surface area contributed by atoms with Crippen molar-refractivity contribution in [3.8, 4) is 5.75 Å². The Balaban J connectivity index is 1.96. The third kappa shape index (κ3) is 1.61. The molecule has 0 saturated heterocycles. The second kappa shape index (κ2) is 4.10. The quantitative estimate of drug-likeness (QED) is 0.758. The summed E-state index contributed by atoms with van der Waals surface area (Å²) >= 11 is 0. The van der Waals surface area contributed by atoms with Crippen LogP contribution in [-0.2, 0) is 11.2 Å². The largest absolute Gasteiger partial charge is 0.465 e. The lowest BCUT2D eigenvalue weighted by molar-refractivity contribution is -0.0928. The van der Waals surface area contributed by atoms with Gasteiger partial charge in [0, 0.05) is 18.6 Å². The van der Waals surface area contributed by atoms with Gasteiger partial charge < -0.3 is 9.47 Å². The van der Waals surface area contributed by atoms with Gasteiger partial charge in [0.2, 0.25) is 0 Å². The summed E-state index contributed by atoms with van der Waals surface area (Å²) in [4.78, 5) is 0. The molecule has 0 unspecified atom stereocenters. The van der Waals surface area contributed by atoms with E-state index in [1.807, 2.05) is 6.92 Å². The lowest BCUT2D eigenvalue weighted by Crippen LogP contribution is -2.30. The summed E-state index contributed by atoms with van der Waals surface area (Å²) in [6.45, 7) is 2.75. The zero-order chi connectivity index (χ0) is 11.0. The monoisotopic (exact) mass is 218 g/mol. The van der Waals surface area contributed by atoms with Crippen LogP contribution in [-0.4, -0.2) is 12.9 Å². The molecule has 1 aromatic carbocycles. The van der Waals surface area contributed by atoms with Gasteiger partial charge in [0.1, 0.15) is 5.75 Å². The molecule has 1 aliphatic heterocycles. The fraction of sp³-hybridized carbons (Fsp3) is 0.571. The van der Waals surface area contributed by atoms with Gasteiger partial charge in [-0.3, -0.25) is 0 Å². The van der Waals surface area contributed by atoms with Crippen LogP contribution in [0.25, 0.3) is 0 Å². The lowest BCUT2D eigenvalue weighted by Gasteiger charge is -2.35. The number of hydrogen-bond acceptors (Lipinski definition) is 2. The van der Waals surface area contributed by atoms with E-state index in [1.54, 1.807) is 0 Å². The highest BCUT2D eigenvalue weighted by atomic mass is 16.7. The van der Waals surface area contributed by atoms with Crippen molar-refractivity contribution in [1.29, 1.82) is 0 Å². The SMILES string of the molecule is CCO[C@H]1C[C@@H]2CCCc3cccc(c32)O1. The molecule has 0 radical (unpaired) electrons. The Kier molecular flexibility index (Phi) is 2.60. The Hall–Kier alpha value is -1.02. The zero-order valence-corrected chi connectivity index (χ0v) is 9.74. The van der Waals surface area contributed by atoms with Crippen molar-refractivity contribution in [2.24, 2.45) is 0 Å². The Labute approximate surface area is 96.6 Å². The van der Waals surface area contributed by atoms with Crippen LogP contribution >= 0.6 is 0 Å². The van der Waals surface area contributed by atoms with Crippen molar-refractivity contribution in [2.75, 3.05) is 6.61 Å². The van der Waals surface area contributed by atoms with E-state index in [2.05, 4.69) is 18.2 Å². The minimum absolute atomic E-state index is 0.0316. The van der Waals surface area contributed by atoms with E-state index in [4.69, 9.17) is 9.47 Å². The second-order valence-corrected chi connectivity index (χ2v) is 4.66. The van der Waals surface area contributed by atoms with Crippen LogP contribution in [0.5, 0.6) is 5.75 Å². The van der Waals surface area contributed by atoms with Gasteiger partial charge in [-0.05, 0) is 43.7 Å². The van der Waals surface area contributed by atoms with Gasteiger partial charge in [0.05, 0.1) is 0 Å². The van der Waals surface area contributed by atoms with Crippen molar-refractivity contribution >= 4 is 0 Å². The van der Waals surface area contributed by atoms with Crippen LogP contribution in [0, 0.1) is 0 Å². The molecule has 0 N–H and O–H groups in total. The van der Waals surface area contributed by atoms with Crippen molar-refractivity contribution < 1.29 is 9.47 Å². The maximum Gasteiger partial charge on any atom is 0.200 e.